The van der Waals surface area contributed by atoms with E-state index in [1.54, 1.807) is 25.4 Å². The molecular weight excluding hydrogens is 423 g/mol. The summed E-state index contributed by atoms with van der Waals surface area (Å²) in [7, 11) is 1.61. The number of carbonyl (C=O) groups is 1. The molecule has 2 aromatic heterocycles. The van der Waals surface area contributed by atoms with Gasteiger partial charge in [-0.1, -0.05) is 17.7 Å². The lowest BCUT2D eigenvalue weighted by Gasteiger charge is -2.17. The SMILES string of the molecule is CN=C(CC=N)Nc1cc2nc(C(=O)N[C@H](CO)c3ccc(Cl)c(F)c3)ccc2cn1. The Bertz CT molecular complexity index is 1150. The fourth-order valence-corrected chi connectivity index (χ4v) is 2.97. The number of aliphatic imine (C=N–C) groups is 1. The van der Waals surface area contributed by atoms with Crippen LogP contribution in [-0.4, -0.2) is 46.7 Å². The Kier molecular flexibility index (Phi) is 7.22. The van der Waals surface area contributed by atoms with Gasteiger partial charge in [-0.15, -0.1) is 0 Å². The second-order valence-electron chi connectivity index (χ2n) is 6.54. The van der Waals surface area contributed by atoms with Gasteiger partial charge in [-0.05, 0) is 29.8 Å². The molecule has 0 aliphatic heterocycles. The third-order valence-electron chi connectivity index (χ3n) is 4.48. The quantitative estimate of drug-likeness (QED) is 0.330. The van der Waals surface area contributed by atoms with E-state index < -0.39 is 24.4 Å². The van der Waals surface area contributed by atoms with Crippen LogP contribution in [0.15, 0.2) is 47.6 Å². The number of fused-ring (bicyclic) bond motifs is 1. The van der Waals surface area contributed by atoms with Gasteiger partial charge in [-0.3, -0.25) is 9.79 Å². The normalized spacial score (nSPS) is 12.5. The molecule has 0 saturated carbocycles. The number of hydrogen-bond acceptors (Lipinski definition) is 6. The molecule has 1 amide bonds. The fourth-order valence-electron chi connectivity index (χ4n) is 2.85. The highest BCUT2D eigenvalue weighted by Crippen LogP contribution is 2.21. The summed E-state index contributed by atoms with van der Waals surface area (Å²) in [6.07, 6.45) is 3.16. The van der Waals surface area contributed by atoms with Crippen molar-refractivity contribution in [2.75, 3.05) is 19.0 Å². The second kappa shape index (κ2) is 10.1. The maximum atomic E-state index is 13.7. The summed E-state index contributed by atoms with van der Waals surface area (Å²) in [5.41, 5.74) is 1.03. The predicted octanol–water partition coefficient (Wildman–Crippen LogP) is 3.37. The average Bonchev–Trinajstić information content (AvgIpc) is 2.78. The Morgan fingerprint density at radius 3 is 2.84 bits per heavy atom. The van der Waals surface area contributed by atoms with Crippen LogP contribution < -0.4 is 10.6 Å². The lowest BCUT2D eigenvalue weighted by molar-refractivity contribution is 0.0911. The van der Waals surface area contributed by atoms with Gasteiger partial charge in [0.2, 0.25) is 0 Å². The highest BCUT2D eigenvalue weighted by atomic mass is 35.5. The van der Waals surface area contributed by atoms with Gasteiger partial charge in [-0.2, -0.15) is 0 Å². The molecule has 2 heterocycles. The number of anilines is 1. The number of hydrogen-bond donors (Lipinski definition) is 4. The molecule has 4 N–H and O–H groups in total. The lowest BCUT2D eigenvalue weighted by Crippen LogP contribution is -2.31. The number of pyridine rings is 2. The van der Waals surface area contributed by atoms with Crippen LogP contribution in [0.4, 0.5) is 10.2 Å². The van der Waals surface area contributed by atoms with Gasteiger partial charge in [0.15, 0.2) is 0 Å². The molecule has 0 spiro atoms. The zero-order valence-corrected chi connectivity index (χ0v) is 17.3. The van der Waals surface area contributed by atoms with E-state index in [1.807, 2.05) is 0 Å². The average molecular weight is 443 g/mol. The zero-order valence-electron chi connectivity index (χ0n) is 16.6. The number of aliphatic hydroxyl groups excluding tert-OH is 1. The number of nitrogens with one attached hydrogen (secondary N) is 3. The van der Waals surface area contributed by atoms with E-state index in [2.05, 4.69) is 25.6 Å². The van der Waals surface area contributed by atoms with Crippen LogP contribution in [0.25, 0.3) is 10.9 Å². The zero-order chi connectivity index (χ0) is 22.4. The molecule has 31 heavy (non-hydrogen) atoms. The number of nitrogens with zero attached hydrogens (tertiary/aromatic N) is 3. The minimum absolute atomic E-state index is 0.0436. The third kappa shape index (κ3) is 5.39. The van der Waals surface area contributed by atoms with Crippen LogP contribution in [-0.2, 0) is 0 Å². The maximum Gasteiger partial charge on any atom is 0.270 e. The van der Waals surface area contributed by atoms with Crippen molar-refractivity contribution in [3.63, 3.8) is 0 Å². The maximum absolute atomic E-state index is 13.7. The summed E-state index contributed by atoms with van der Waals surface area (Å²) in [6, 6.07) is 8.15. The molecule has 0 bridgehead atoms. The summed E-state index contributed by atoms with van der Waals surface area (Å²) in [5.74, 6) is -0.120. The Labute approximate surface area is 182 Å². The molecule has 1 aromatic carbocycles. The van der Waals surface area contributed by atoms with Crippen molar-refractivity contribution >= 4 is 46.3 Å². The molecule has 1 atom stereocenters. The number of rotatable bonds is 7. The molecule has 0 aliphatic rings. The smallest absolute Gasteiger partial charge is 0.270 e. The van der Waals surface area contributed by atoms with E-state index in [0.717, 1.165) is 5.39 Å². The second-order valence-corrected chi connectivity index (χ2v) is 6.95. The number of benzene rings is 1. The van der Waals surface area contributed by atoms with E-state index in [-0.39, 0.29) is 10.7 Å². The number of amides is 1. The summed E-state index contributed by atoms with van der Waals surface area (Å²) < 4.78 is 13.7. The first-order valence-corrected chi connectivity index (χ1v) is 9.68. The first-order valence-electron chi connectivity index (χ1n) is 9.30. The Balaban J connectivity index is 1.82. The lowest BCUT2D eigenvalue weighted by atomic mass is 10.1. The number of carbonyl (C=O) groups excluding carboxylic acids is 1. The Hall–Kier alpha value is -3.43. The van der Waals surface area contributed by atoms with E-state index in [9.17, 15) is 14.3 Å². The van der Waals surface area contributed by atoms with Gasteiger partial charge < -0.3 is 21.1 Å². The first kappa shape index (κ1) is 22.3. The van der Waals surface area contributed by atoms with Gasteiger partial charge >= 0.3 is 0 Å². The van der Waals surface area contributed by atoms with Gasteiger partial charge in [0.05, 0.1) is 23.2 Å². The van der Waals surface area contributed by atoms with Crippen LogP contribution in [0.1, 0.15) is 28.5 Å². The van der Waals surface area contributed by atoms with Gasteiger partial charge in [-0.25, -0.2) is 14.4 Å². The number of aliphatic hydroxyl groups is 1. The molecule has 0 unspecified atom stereocenters. The van der Waals surface area contributed by atoms with Crippen LogP contribution in [0.5, 0.6) is 0 Å². The summed E-state index contributed by atoms with van der Waals surface area (Å²) in [4.78, 5) is 25.4. The largest absolute Gasteiger partial charge is 0.394 e. The summed E-state index contributed by atoms with van der Waals surface area (Å²) in [6.45, 7) is -0.426. The van der Waals surface area contributed by atoms with Crippen LogP contribution in [0.2, 0.25) is 5.02 Å². The van der Waals surface area contributed by atoms with Crippen LogP contribution in [0.3, 0.4) is 0 Å². The molecular formula is C21H20ClFN6O2. The topological polar surface area (TPSA) is 123 Å². The minimum atomic E-state index is -0.823. The molecule has 3 rings (SSSR count). The minimum Gasteiger partial charge on any atom is -0.394 e. The Morgan fingerprint density at radius 2 is 2.16 bits per heavy atom. The highest BCUT2D eigenvalue weighted by Gasteiger charge is 2.18. The van der Waals surface area contributed by atoms with E-state index in [0.29, 0.717) is 29.2 Å². The molecule has 3 aromatic rings. The number of amidine groups is 1. The molecule has 0 fully saturated rings. The predicted molar refractivity (Wildman–Crippen MR) is 119 cm³/mol. The van der Waals surface area contributed by atoms with Crippen LogP contribution in [0, 0.1) is 11.2 Å². The van der Waals surface area contributed by atoms with E-state index in [1.165, 1.54) is 30.5 Å². The van der Waals surface area contributed by atoms with Crippen molar-refractivity contribution < 1.29 is 14.3 Å². The first-order chi connectivity index (χ1) is 14.9. The standard InChI is InChI=1S/C21H20ClFN6O2/c1-25-19(6-7-24)29-20-9-17-13(10-26-20)3-5-16(27-17)21(31)28-18(11-30)12-2-4-14(22)15(23)8-12/h2-5,7-10,18,24,30H,6,11H2,1H3,(H,28,31)(H,25,26,29)/t18-/m1/s1. The summed E-state index contributed by atoms with van der Waals surface area (Å²) >= 11 is 5.69. The molecule has 10 heteroatoms. The molecule has 0 radical (unpaired) electrons. The molecule has 160 valence electrons. The highest BCUT2D eigenvalue weighted by molar-refractivity contribution is 6.30. The fraction of sp³-hybridized carbons (Fsp3) is 0.190. The van der Waals surface area contributed by atoms with Crippen molar-refractivity contribution in [2.24, 2.45) is 4.99 Å². The monoisotopic (exact) mass is 442 g/mol. The van der Waals surface area contributed by atoms with Crippen molar-refractivity contribution in [3.8, 4) is 0 Å². The van der Waals surface area contributed by atoms with Gasteiger partial charge in [0.1, 0.15) is 23.2 Å². The van der Waals surface area contributed by atoms with Gasteiger partial charge in [0.25, 0.3) is 5.91 Å². The Morgan fingerprint density at radius 1 is 1.35 bits per heavy atom. The van der Waals surface area contributed by atoms with Crippen molar-refractivity contribution in [3.05, 3.63) is 64.7 Å². The van der Waals surface area contributed by atoms with Crippen LogP contribution >= 0.6 is 11.6 Å². The summed E-state index contributed by atoms with van der Waals surface area (Å²) in [5, 5.41) is 23.2. The molecule has 0 aliphatic carbocycles. The van der Waals surface area contributed by atoms with E-state index >= 15 is 0 Å². The van der Waals surface area contributed by atoms with Crippen molar-refractivity contribution in [1.29, 1.82) is 5.41 Å². The molecule has 8 nitrogen and oxygen atoms in total. The van der Waals surface area contributed by atoms with Crippen molar-refractivity contribution in [1.82, 2.24) is 15.3 Å². The van der Waals surface area contributed by atoms with Gasteiger partial charge in [0, 0.05) is 37.3 Å². The molecule has 0 saturated heterocycles. The third-order valence-corrected chi connectivity index (χ3v) is 4.78. The van der Waals surface area contributed by atoms with Crippen molar-refractivity contribution in [2.45, 2.75) is 12.5 Å². The van der Waals surface area contributed by atoms with E-state index in [4.69, 9.17) is 17.0 Å². The number of aromatic nitrogens is 2. The number of halogens is 2.